The number of nitrogens with zero attached hydrogens (tertiary/aromatic N) is 2. The zero-order chi connectivity index (χ0) is 12.3. The van der Waals surface area contributed by atoms with E-state index in [-0.39, 0.29) is 5.91 Å². The van der Waals surface area contributed by atoms with E-state index in [1.54, 1.807) is 0 Å². The Morgan fingerprint density at radius 3 is 2.88 bits per heavy atom. The lowest BCUT2D eigenvalue weighted by Gasteiger charge is -2.22. The number of nitrogens with one attached hydrogen (secondary N) is 1. The lowest BCUT2D eigenvalue weighted by molar-refractivity contribution is -0.129. The highest BCUT2D eigenvalue weighted by molar-refractivity contribution is 5.82. The van der Waals surface area contributed by atoms with Crippen molar-refractivity contribution < 1.29 is 4.79 Å². The Labute approximate surface area is 102 Å². The first-order valence-corrected chi connectivity index (χ1v) is 5.91. The molecule has 0 aromatic heterocycles. The van der Waals surface area contributed by atoms with Crippen molar-refractivity contribution in [3.05, 3.63) is 29.8 Å². The number of fused-ring (bicyclic) bond motifs is 1. The maximum Gasteiger partial charge on any atom is 0.242 e. The predicted molar refractivity (Wildman–Crippen MR) is 68.9 cm³/mol. The first-order valence-electron chi connectivity index (χ1n) is 5.91. The molecule has 0 aliphatic carbocycles. The third kappa shape index (κ3) is 2.97. The van der Waals surface area contributed by atoms with Crippen LogP contribution in [-0.2, 0) is 11.3 Å². The number of hydrogen-bond donors (Lipinski definition) is 1. The lowest BCUT2D eigenvalue weighted by atomic mass is 10.2. The summed E-state index contributed by atoms with van der Waals surface area (Å²) >= 11 is 0. The van der Waals surface area contributed by atoms with Crippen molar-refractivity contribution in [2.75, 3.05) is 39.0 Å². The van der Waals surface area contributed by atoms with E-state index in [2.05, 4.69) is 16.3 Å². The van der Waals surface area contributed by atoms with Crippen LogP contribution in [0.5, 0.6) is 0 Å². The molecule has 1 amide bonds. The van der Waals surface area contributed by atoms with E-state index in [9.17, 15) is 4.79 Å². The quantitative estimate of drug-likeness (QED) is 0.846. The summed E-state index contributed by atoms with van der Waals surface area (Å²) in [6.07, 6.45) is 0. The molecular weight excluding hydrogens is 214 g/mol. The van der Waals surface area contributed by atoms with Crippen LogP contribution in [0, 0.1) is 0 Å². The lowest BCUT2D eigenvalue weighted by Crippen LogP contribution is -2.37. The van der Waals surface area contributed by atoms with Crippen LogP contribution in [0.4, 0.5) is 5.69 Å². The van der Waals surface area contributed by atoms with Crippen molar-refractivity contribution in [3.63, 3.8) is 0 Å². The molecule has 0 bridgehead atoms. The Balaban J connectivity index is 2.10. The van der Waals surface area contributed by atoms with Gasteiger partial charge in [-0.15, -0.1) is 0 Å². The van der Waals surface area contributed by atoms with Crippen molar-refractivity contribution in [3.8, 4) is 0 Å². The van der Waals surface area contributed by atoms with Crippen molar-refractivity contribution in [2.45, 2.75) is 6.54 Å². The van der Waals surface area contributed by atoms with Crippen LogP contribution in [-0.4, -0.2) is 49.4 Å². The molecule has 92 valence electrons. The molecule has 1 aromatic rings. The van der Waals surface area contributed by atoms with Crippen molar-refractivity contribution >= 4 is 11.6 Å². The molecule has 4 nitrogen and oxygen atoms in total. The van der Waals surface area contributed by atoms with E-state index in [0.717, 1.165) is 18.8 Å². The highest BCUT2D eigenvalue weighted by Gasteiger charge is 2.19. The molecule has 1 N–H and O–H groups in total. The predicted octanol–water partition coefficient (Wildman–Crippen LogP) is 1.00. The summed E-state index contributed by atoms with van der Waals surface area (Å²) in [4.78, 5) is 16.0. The smallest absolute Gasteiger partial charge is 0.242 e. The SMILES string of the molecule is CN(C)CCN1Cc2ccccc2NCC1=O. The molecule has 1 aromatic carbocycles. The number of carbonyl (C=O) groups is 1. The fourth-order valence-electron chi connectivity index (χ4n) is 1.93. The van der Waals surface area contributed by atoms with Crippen LogP contribution in [0.3, 0.4) is 0 Å². The van der Waals surface area contributed by atoms with Crippen LogP contribution < -0.4 is 5.32 Å². The van der Waals surface area contributed by atoms with Gasteiger partial charge in [0.1, 0.15) is 0 Å². The van der Waals surface area contributed by atoms with Crippen LogP contribution in [0.1, 0.15) is 5.56 Å². The standard InChI is InChI=1S/C13H19N3O/c1-15(2)7-8-16-10-11-5-3-4-6-12(11)14-9-13(16)17/h3-6,14H,7-10H2,1-2H3. The summed E-state index contributed by atoms with van der Waals surface area (Å²) in [7, 11) is 4.04. The minimum absolute atomic E-state index is 0.169. The maximum atomic E-state index is 11.9. The van der Waals surface area contributed by atoms with Gasteiger partial charge < -0.3 is 15.1 Å². The fraction of sp³-hybridized carbons (Fsp3) is 0.462. The van der Waals surface area contributed by atoms with Crippen molar-refractivity contribution in [1.82, 2.24) is 9.80 Å². The number of carbonyl (C=O) groups excluding carboxylic acids is 1. The molecule has 0 spiro atoms. The van der Waals surface area contributed by atoms with E-state index in [1.807, 2.05) is 37.2 Å². The van der Waals surface area contributed by atoms with Crippen molar-refractivity contribution in [1.29, 1.82) is 0 Å². The molecule has 1 aliphatic rings. The van der Waals surface area contributed by atoms with Gasteiger partial charge in [0.2, 0.25) is 5.91 Å². The Kier molecular flexibility index (Phi) is 3.64. The number of likely N-dealkylation sites (N-methyl/N-ethyl adjacent to an activating group) is 1. The zero-order valence-corrected chi connectivity index (χ0v) is 10.4. The van der Waals surface area contributed by atoms with E-state index in [0.29, 0.717) is 13.1 Å². The van der Waals surface area contributed by atoms with Gasteiger partial charge in [-0.05, 0) is 25.7 Å². The maximum absolute atomic E-state index is 11.9. The molecule has 0 fully saturated rings. The number of anilines is 1. The monoisotopic (exact) mass is 233 g/mol. The highest BCUT2D eigenvalue weighted by Crippen LogP contribution is 2.19. The van der Waals surface area contributed by atoms with Gasteiger partial charge in [-0.1, -0.05) is 18.2 Å². The van der Waals surface area contributed by atoms with Crippen molar-refractivity contribution in [2.24, 2.45) is 0 Å². The van der Waals surface area contributed by atoms with Crippen LogP contribution >= 0.6 is 0 Å². The van der Waals surface area contributed by atoms with E-state index in [4.69, 9.17) is 0 Å². The Morgan fingerprint density at radius 1 is 1.35 bits per heavy atom. The molecule has 0 radical (unpaired) electrons. The second-order valence-corrected chi connectivity index (χ2v) is 4.63. The molecule has 17 heavy (non-hydrogen) atoms. The van der Waals surface area contributed by atoms with Gasteiger partial charge >= 0.3 is 0 Å². The molecule has 0 saturated carbocycles. The average molecular weight is 233 g/mol. The molecular formula is C13H19N3O. The second-order valence-electron chi connectivity index (χ2n) is 4.63. The Bertz CT molecular complexity index is 403. The van der Waals surface area contributed by atoms with Gasteiger partial charge in [0.05, 0.1) is 6.54 Å². The molecule has 0 unspecified atom stereocenters. The largest absolute Gasteiger partial charge is 0.376 e. The summed E-state index contributed by atoms with van der Waals surface area (Å²) in [5.74, 6) is 0.169. The number of rotatable bonds is 3. The van der Waals surface area contributed by atoms with Crippen LogP contribution in [0.15, 0.2) is 24.3 Å². The minimum Gasteiger partial charge on any atom is -0.376 e. The zero-order valence-electron chi connectivity index (χ0n) is 10.4. The Morgan fingerprint density at radius 2 is 2.12 bits per heavy atom. The van der Waals surface area contributed by atoms with E-state index in [1.165, 1.54) is 5.56 Å². The van der Waals surface area contributed by atoms with Gasteiger partial charge in [0, 0.05) is 25.3 Å². The summed E-state index contributed by atoms with van der Waals surface area (Å²) in [6, 6.07) is 8.11. The van der Waals surface area contributed by atoms with Gasteiger partial charge in [0.15, 0.2) is 0 Å². The molecule has 4 heteroatoms. The number of hydrogen-bond acceptors (Lipinski definition) is 3. The Hall–Kier alpha value is -1.55. The van der Waals surface area contributed by atoms with Crippen LogP contribution in [0.2, 0.25) is 0 Å². The number of para-hydroxylation sites is 1. The van der Waals surface area contributed by atoms with Gasteiger partial charge in [0.25, 0.3) is 0 Å². The van der Waals surface area contributed by atoms with Crippen LogP contribution in [0.25, 0.3) is 0 Å². The fourth-order valence-corrected chi connectivity index (χ4v) is 1.93. The number of amides is 1. The highest BCUT2D eigenvalue weighted by atomic mass is 16.2. The summed E-state index contributed by atoms with van der Waals surface area (Å²) < 4.78 is 0. The molecule has 0 atom stereocenters. The third-order valence-electron chi connectivity index (χ3n) is 2.98. The average Bonchev–Trinajstić information content (AvgIpc) is 2.47. The topological polar surface area (TPSA) is 35.6 Å². The second kappa shape index (κ2) is 5.19. The molecule has 1 heterocycles. The minimum atomic E-state index is 0.169. The summed E-state index contributed by atoms with van der Waals surface area (Å²) in [6.45, 7) is 2.77. The van der Waals surface area contributed by atoms with Gasteiger partial charge in [-0.2, -0.15) is 0 Å². The molecule has 1 aliphatic heterocycles. The molecule has 2 rings (SSSR count). The van der Waals surface area contributed by atoms with E-state index < -0.39 is 0 Å². The van der Waals surface area contributed by atoms with Gasteiger partial charge in [-0.25, -0.2) is 0 Å². The first-order chi connectivity index (χ1) is 8.16. The molecule has 0 saturated heterocycles. The van der Waals surface area contributed by atoms with Gasteiger partial charge in [-0.3, -0.25) is 4.79 Å². The first kappa shape index (κ1) is 11.9. The van der Waals surface area contributed by atoms with E-state index >= 15 is 0 Å². The number of benzene rings is 1. The third-order valence-corrected chi connectivity index (χ3v) is 2.98. The summed E-state index contributed by atoms with van der Waals surface area (Å²) in [5.41, 5.74) is 2.27. The normalized spacial score (nSPS) is 15.5. The summed E-state index contributed by atoms with van der Waals surface area (Å²) in [5, 5.41) is 3.19.